The highest BCUT2D eigenvalue weighted by atomic mass is 16.5. The lowest BCUT2D eigenvalue weighted by atomic mass is 10.1. The molecule has 0 aromatic heterocycles. The predicted octanol–water partition coefficient (Wildman–Crippen LogP) is 10.3. The number of esters is 2. The lowest BCUT2D eigenvalue weighted by Crippen LogP contribution is -2.27. The van der Waals surface area contributed by atoms with Crippen molar-refractivity contribution in [3.05, 3.63) is 0 Å². The fraction of sp³-hybridized carbons (Fsp3) is 0.947. The highest BCUT2D eigenvalue weighted by Crippen LogP contribution is 2.15. The van der Waals surface area contributed by atoms with Gasteiger partial charge in [0, 0.05) is 26.0 Å². The number of carbonyl (C=O) groups excluding carboxylic acids is 2. The molecule has 0 saturated carbocycles. The summed E-state index contributed by atoms with van der Waals surface area (Å²) in [5.74, 6) is -0.0184. The molecule has 0 heterocycles. The lowest BCUT2D eigenvalue weighted by molar-refractivity contribution is -0.150. The molecule has 2 unspecified atom stereocenters. The predicted molar refractivity (Wildman–Crippen MR) is 186 cm³/mol. The zero-order chi connectivity index (χ0) is 32.5. The van der Waals surface area contributed by atoms with E-state index in [0.717, 1.165) is 90.3 Å². The van der Waals surface area contributed by atoms with Gasteiger partial charge in [0.05, 0.1) is 0 Å². The van der Waals surface area contributed by atoms with Crippen molar-refractivity contribution in [3.8, 4) is 0 Å². The minimum atomic E-state index is -0.0108. The van der Waals surface area contributed by atoms with Crippen LogP contribution in [0.3, 0.4) is 0 Å². The summed E-state index contributed by atoms with van der Waals surface area (Å²) in [4.78, 5) is 26.8. The molecule has 6 nitrogen and oxygen atoms in total. The van der Waals surface area contributed by atoms with E-state index >= 15 is 0 Å². The Kier molecular flexibility index (Phi) is 32.4. The summed E-state index contributed by atoms with van der Waals surface area (Å²) in [6.07, 6.45) is 28.4. The largest absolute Gasteiger partial charge is 0.462 e. The van der Waals surface area contributed by atoms with Crippen LogP contribution in [0.5, 0.6) is 0 Å². The Bertz CT molecular complexity index is 628. The topological polar surface area (TPSA) is 76.1 Å². The van der Waals surface area contributed by atoms with Crippen LogP contribution in [-0.4, -0.2) is 60.4 Å². The van der Waals surface area contributed by atoms with E-state index in [1.807, 2.05) is 0 Å². The summed E-state index contributed by atoms with van der Waals surface area (Å²) >= 11 is 0. The molecule has 0 aromatic carbocycles. The molecule has 262 valence electrons. The highest BCUT2D eigenvalue weighted by molar-refractivity contribution is 5.69. The van der Waals surface area contributed by atoms with Gasteiger partial charge in [0.2, 0.25) is 0 Å². The number of hydrogen-bond donors (Lipinski definition) is 1. The zero-order valence-electron chi connectivity index (χ0n) is 29.9. The lowest BCUT2D eigenvalue weighted by Gasteiger charge is -2.22. The molecule has 0 aromatic rings. The minimum Gasteiger partial charge on any atom is -0.462 e. The summed E-state index contributed by atoms with van der Waals surface area (Å²) in [7, 11) is 0. The minimum absolute atomic E-state index is 0.00759. The summed E-state index contributed by atoms with van der Waals surface area (Å²) in [6.45, 7) is 12.1. The molecule has 0 radical (unpaired) electrons. The number of carbonyl (C=O) groups is 2. The Balaban J connectivity index is 3.81. The maximum absolute atomic E-state index is 12.2. The first kappa shape index (κ1) is 42.9. The normalized spacial score (nSPS) is 12.9. The van der Waals surface area contributed by atoms with Crippen molar-refractivity contribution in [2.75, 3.05) is 26.2 Å². The molecule has 0 rings (SSSR count). The summed E-state index contributed by atoms with van der Waals surface area (Å²) in [5.41, 5.74) is 0. The van der Waals surface area contributed by atoms with Crippen molar-refractivity contribution in [2.24, 2.45) is 0 Å². The van der Waals surface area contributed by atoms with Gasteiger partial charge >= 0.3 is 11.9 Å². The second-order valence-electron chi connectivity index (χ2n) is 13.0. The van der Waals surface area contributed by atoms with E-state index in [1.54, 1.807) is 0 Å². The van der Waals surface area contributed by atoms with Crippen molar-refractivity contribution in [2.45, 2.75) is 207 Å². The Morgan fingerprint density at radius 3 is 1.23 bits per heavy atom. The molecule has 0 aliphatic heterocycles. The number of rotatable bonds is 34. The molecular weight excluding hydrogens is 550 g/mol. The number of unbranched alkanes of at least 4 members (excludes halogenated alkanes) is 15. The fourth-order valence-corrected chi connectivity index (χ4v) is 5.86. The molecule has 0 amide bonds. The summed E-state index contributed by atoms with van der Waals surface area (Å²) in [6, 6.07) is 0. The van der Waals surface area contributed by atoms with Gasteiger partial charge in [0.25, 0.3) is 0 Å². The van der Waals surface area contributed by atoms with Crippen molar-refractivity contribution in [1.82, 2.24) is 4.90 Å². The van der Waals surface area contributed by atoms with Crippen LogP contribution in [0.15, 0.2) is 0 Å². The van der Waals surface area contributed by atoms with E-state index < -0.39 is 0 Å². The summed E-state index contributed by atoms with van der Waals surface area (Å²) in [5, 5.41) is 9.31. The Hall–Kier alpha value is -1.14. The second kappa shape index (κ2) is 33.2. The van der Waals surface area contributed by atoms with Crippen molar-refractivity contribution in [1.29, 1.82) is 0 Å². The SMILES string of the molecule is CCCCCC(CC)OC(=O)CCCCCCCCCN(CCCO)CCCCCCCCC(=O)OC(CC)CCCCC. The van der Waals surface area contributed by atoms with Crippen molar-refractivity contribution < 1.29 is 24.2 Å². The smallest absolute Gasteiger partial charge is 0.306 e. The number of aliphatic hydroxyl groups excluding tert-OH is 1. The summed E-state index contributed by atoms with van der Waals surface area (Å²) < 4.78 is 11.3. The van der Waals surface area contributed by atoms with Gasteiger partial charge in [0.1, 0.15) is 12.2 Å². The molecule has 2 atom stereocenters. The molecule has 0 fully saturated rings. The first-order valence-electron chi connectivity index (χ1n) is 19.2. The van der Waals surface area contributed by atoms with Crippen molar-refractivity contribution in [3.63, 3.8) is 0 Å². The van der Waals surface area contributed by atoms with Crippen LogP contribution in [0.2, 0.25) is 0 Å². The molecule has 1 N–H and O–H groups in total. The molecule has 0 aliphatic rings. The molecular formula is C38H75NO5. The molecule has 0 saturated heterocycles. The van der Waals surface area contributed by atoms with Crippen LogP contribution in [0.4, 0.5) is 0 Å². The van der Waals surface area contributed by atoms with Gasteiger partial charge in [-0.2, -0.15) is 0 Å². The maximum atomic E-state index is 12.2. The van der Waals surface area contributed by atoms with Gasteiger partial charge in [-0.25, -0.2) is 0 Å². The van der Waals surface area contributed by atoms with Crippen LogP contribution in [-0.2, 0) is 19.1 Å². The first-order valence-corrected chi connectivity index (χ1v) is 19.2. The standard InChI is InChI=1S/C38H75NO5/c1-5-9-20-27-35(7-3)43-37(41)29-22-16-12-11-14-18-24-31-39(33-26-34-40)32-25-19-15-13-17-23-30-38(42)44-36(8-4)28-21-10-6-2/h35-36,40H,5-34H2,1-4H3. The molecule has 0 bridgehead atoms. The van der Waals surface area contributed by atoms with Crippen LogP contribution < -0.4 is 0 Å². The molecule has 6 heteroatoms. The Morgan fingerprint density at radius 1 is 0.500 bits per heavy atom. The molecule has 44 heavy (non-hydrogen) atoms. The molecule has 0 aliphatic carbocycles. The van der Waals surface area contributed by atoms with Gasteiger partial charge in [-0.15, -0.1) is 0 Å². The van der Waals surface area contributed by atoms with E-state index in [2.05, 4.69) is 32.6 Å². The number of ether oxygens (including phenoxy) is 2. The monoisotopic (exact) mass is 626 g/mol. The second-order valence-corrected chi connectivity index (χ2v) is 13.0. The number of aliphatic hydroxyl groups is 1. The Labute approximate surface area is 273 Å². The fourth-order valence-electron chi connectivity index (χ4n) is 5.86. The third-order valence-electron chi connectivity index (χ3n) is 8.86. The van der Waals surface area contributed by atoms with Crippen LogP contribution in [0.1, 0.15) is 195 Å². The van der Waals surface area contributed by atoms with Gasteiger partial charge in [0.15, 0.2) is 0 Å². The van der Waals surface area contributed by atoms with Crippen LogP contribution >= 0.6 is 0 Å². The van der Waals surface area contributed by atoms with E-state index in [1.165, 1.54) is 83.5 Å². The average molecular weight is 626 g/mol. The van der Waals surface area contributed by atoms with E-state index in [0.29, 0.717) is 12.8 Å². The highest BCUT2D eigenvalue weighted by Gasteiger charge is 2.13. The van der Waals surface area contributed by atoms with E-state index in [-0.39, 0.29) is 30.8 Å². The molecule has 0 spiro atoms. The number of nitrogens with zero attached hydrogens (tertiary/aromatic N) is 1. The van der Waals surface area contributed by atoms with Gasteiger partial charge in [-0.05, 0) is 83.7 Å². The third kappa shape index (κ3) is 28.3. The van der Waals surface area contributed by atoms with E-state index in [4.69, 9.17) is 9.47 Å². The van der Waals surface area contributed by atoms with Gasteiger partial charge in [-0.3, -0.25) is 9.59 Å². The first-order chi connectivity index (χ1) is 21.5. The van der Waals surface area contributed by atoms with Crippen LogP contribution in [0, 0.1) is 0 Å². The maximum Gasteiger partial charge on any atom is 0.306 e. The number of hydrogen-bond acceptors (Lipinski definition) is 6. The van der Waals surface area contributed by atoms with Gasteiger partial charge in [-0.1, -0.05) is 111 Å². The van der Waals surface area contributed by atoms with Crippen LogP contribution in [0.25, 0.3) is 0 Å². The van der Waals surface area contributed by atoms with Gasteiger partial charge < -0.3 is 19.5 Å². The van der Waals surface area contributed by atoms with E-state index in [9.17, 15) is 14.7 Å². The third-order valence-corrected chi connectivity index (χ3v) is 8.86. The Morgan fingerprint density at radius 2 is 0.864 bits per heavy atom. The average Bonchev–Trinajstić information content (AvgIpc) is 3.02. The van der Waals surface area contributed by atoms with Crippen molar-refractivity contribution >= 4 is 11.9 Å². The zero-order valence-corrected chi connectivity index (χ0v) is 29.9. The quantitative estimate of drug-likeness (QED) is 0.0566.